The Bertz CT molecular complexity index is 1240. The Kier molecular flexibility index (Phi) is 7.66. The molecular formula is C24H29N7O5. The van der Waals surface area contributed by atoms with Gasteiger partial charge in [-0.25, -0.2) is 15.0 Å². The molecular weight excluding hydrogens is 466 g/mol. The lowest BCUT2D eigenvalue weighted by Gasteiger charge is -2.23. The number of carbonyl (C=O) groups excluding carboxylic acids is 1. The number of aliphatic hydroxyl groups is 2. The first-order valence-electron chi connectivity index (χ1n) is 11.3. The summed E-state index contributed by atoms with van der Waals surface area (Å²) in [6.07, 6.45) is 5.34. The molecule has 2 aromatic heterocycles. The standard InChI is InChI=1S/C24H29N7O5/c1-4-9-35-15-7-5-14(6-8-15)10-16(25)23(34)29-18-17(11-32)36-24(20(18)33)31-13-28-19-21(30(2)3)26-12-27-22(19)31/h1,5-8,12-13,16-18,20,24,32-33H,9-11,25H2,2-3H3,(H,29,34)/t16-,17+,18+,20+,24+/m0/s1. The molecule has 0 bridgehead atoms. The molecule has 190 valence electrons. The number of hydrogen-bond donors (Lipinski definition) is 4. The molecule has 3 aromatic rings. The minimum absolute atomic E-state index is 0.165. The van der Waals surface area contributed by atoms with Crippen LogP contribution in [0, 0.1) is 12.3 Å². The number of terminal acetylenes is 1. The van der Waals surface area contributed by atoms with Crippen LogP contribution in [0.3, 0.4) is 0 Å². The lowest BCUT2D eigenvalue weighted by Crippen LogP contribution is -2.53. The van der Waals surface area contributed by atoms with Gasteiger partial charge in [0.05, 0.1) is 25.0 Å². The molecule has 1 amide bonds. The van der Waals surface area contributed by atoms with Crippen LogP contribution in [0.15, 0.2) is 36.9 Å². The SMILES string of the molecule is C#CCOc1ccc(C[C@H](N)C(=O)N[C@H]2[C@@H](O)[C@H](n3cnc4c(N(C)C)ncnc43)O[C@@H]2CO)cc1. The maximum absolute atomic E-state index is 12.9. The molecule has 12 nitrogen and oxygen atoms in total. The van der Waals surface area contributed by atoms with Crippen molar-refractivity contribution in [2.45, 2.75) is 36.9 Å². The van der Waals surface area contributed by atoms with Gasteiger partial charge < -0.3 is 35.6 Å². The second-order valence-electron chi connectivity index (χ2n) is 8.64. The van der Waals surface area contributed by atoms with E-state index in [9.17, 15) is 15.0 Å². The number of fused-ring (bicyclic) bond motifs is 1. The molecule has 0 aliphatic carbocycles. The van der Waals surface area contributed by atoms with E-state index in [1.807, 2.05) is 14.1 Å². The molecule has 1 aliphatic heterocycles. The molecule has 0 radical (unpaired) electrons. The summed E-state index contributed by atoms with van der Waals surface area (Å²) < 4.78 is 12.8. The molecule has 1 aliphatic rings. The summed E-state index contributed by atoms with van der Waals surface area (Å²) in [5, 5.41) is 23.7. The van der Waals surface area contributed by atoms with Gasteiger partial charge >= 0.3 is 0 Å². The number of nitrogens with two attached hydrogens (primary N) is 1. The van der Waals surface area contributed by atoms with Gasteiger partial charge in [-0.3, -0.25) is 9.36 Å². The van der Waals surface area contributed by atoms with Crippen molar-refractivity contribution in [1.29, 1.82) is 0 Å². The van der Waals surface area contributed by atoms with Gasteiger partial charge in [0, 0.05) is 14.1 Å². The van der Waals surface area contributed by atoms with Crippen LogP contribution in [-0.4, -0.2) is 87.2 Å². The maximum Gasteiger partial charge on any atom is 0.237 e. The number of rotatable bonds is 9. The van der Waals surface area contributed by atoms with E-state index in [-0.39, 0.29) is 13.0 Å². The predicted molar refractivity (Wildman–Crippen MR) is 131 cm³/mol. The summed E-state index contributed by atoms with van der Waals surface area (Å²) in [5.41, 5.74) is 7.94. The van der Waals surface area contributed by atoms with Gasteiger partial charge in [0.1, 0.15) is 30.9 Å². The number of aliphatic hydroxyl groups excluding tert-OH is 2. The fourth-order valence-electron chi connectivity index (χ4n) is 4.12. The van der Waals surface area contributed by atoms with Crippen molar-refractivity contribution in [1.82, 2.24) is 24.8 Å². The van der Waals surface area contributed by atoms with Crippen LogP contribution >= 0.6 is 0 Å². The van der Waals surface area contributed by atoms with Crippen molar-refractivity contribution < 1.29 is 24.5 Å². The quantitative estimate of drug-likeness (QED) is 0.277. The van der Waals surface area contributed by atoms with Crippen molar-refractivity contribution in [2.24, 2.45) is 5.73 Å². The summed E-state index contributed by atoms with van der Waals surface area (Å²) in [6.45, 7) is -0.254. The van der Waals surface area contributed by atoms with Gasteiger partial charge in [-0.05, 0) is 24.1 Å². The highest BCUT2D eigenvalue weighted by Gasteiger charge is 2.46. The van der Waals surface area contributed by atoms with E-state index in [0.29, 0.717) is 22.7 Å². The molecule has 5 N–H and O–H groups in total. The number of hydrogen-bond acceptors (Lipinski definition) is 10. The number of aromatic nitrogens is 4. The number of nitrogens with zero attached hydrogens (tertiary/aromatic N) is 5. The summed E-state index contributed by atoms with van der Waals surface area (Å²) in [4.78, 5) is 27.5. The van der Waals surface area contributed by atoms with Crippen LogP contribution in [-0.2, 0) is 16.0 Å². The lowest BCUT2D eigenvalue weighted by atomic mass is 10.0. The van der Waals surface area contributed by atoms with Gasteiger partial charge in [-0.2, -0.15) is 0 Å². The molecule has 0 spiro atoms. The molecule has 12 heteroatoms. The molecule has 1 aromatic carbocycles. The Balaban J connectivity index is 1.45. The molecule has 3 heterocycles. The Morgan fingerprint density at radius 1 is 1.33 bits per heavy atom. The lowest BCUT2D eigenvalue weighted by molar-refractivity contribution is -0.124. The average Bonchev–Trinajstić information content (AvgIpc) is 3.44. The highest BCUT2D eigenvalue weighted by atomic mass is 16.5. The summed E-state index contributed by atoms with van der Waals surface area (Å²) in [7, 11) is 3.67. The zero-order chi connectivity index (χ0) is 25.8. The first-order valence-corrected chi connectivity index (χ1v) is 11.3. The summed E-state index contributed by atoms with van der Waals surface area (Å²) in [5.74, 6) is 3.14. The number of benzene rings is 1. The third-order valence-electron chi connectivity index (χ3n) is 5.94. The van der Waals surface area contributed by atoms with Gasteiger partial charge in [0.15, 0.2) is 23.2 Å². The Labute approximate surface area is 208 Å². The van der Waals surface area contributed by atoms with E-state index < -0.39 is 43.0 Å². The highest BCUT2D eigenvalue weighted by Crippen LogP contribution is 2.32. The molecule has 0 saturated carbocycles. The first-order chi connectivity index (χ1) is 17.3. The third kappa shape index (κ3) is 5.09. The minimum atomic E-state index is -1.19. The van der Waals surface area contributed by atoms with Crippen molar-refractivity contribution in [3.8, 4) is 18.1 Å². The normalized spacial score (nSPS) is 22.2. The van der Waals surface area contributed by atoms with Crippen molar-refractivity contribution in [2.75, 3.05) is 32.2 Å². The minimum Gasteiger partial charge on any atom is -0.481 e. The van der Waals surface area contributed by atoms with Crippen LogP contribution < -0.4 is 20.7 Å². The predicted octanol–water partition coefficient (Wildman–Crippen LogP) is -0.790. The zero-order valence-electron chi connectivity index (χ0n) is 20.0. The van der Waals surface area contributed by atoms with E-state index in [4.69, 9.17) is 21.6 Å². The van der Waals surface area contributed by atoms with Crippen molar-refractivity contribution >= 4 is 22.9 Å². The number of nitrogens with one attached hydrogen (secondary N) is 1. The Hall–Kier alpha value is -3.76. The average molecular weight is 496 g/mol. The van der Waals surface area contributed by atoms with Crippen molar-refractivity contribution in [3.63, 3.8) is 0 Å². The van der Waals surface area contributed by atoms with Gasteiger partial charge in [0.25, 0.3) is 0 Å². The second kappa shape index (κ2) is 10.9. The van der Waals surface area contributed by atoms with Crippen LogP contribution in [0.4, 0.5) is 5.82 Å². The first kappa shape index (κ1) is 25.3. The molecule has 5 atom stereocenters. The molecule has 1 saturated heterocycles. The number of ether oxygens (including phenoxy) is 2. The van der Waals surface area contributed by atoms with E-state index in [2.05, 4.69) is 26.2 Å². The monoisotopic (exact) mass is 495 g/mol. The van der Waals surface area contributed by atoms with Crippen LogP contribution in [0.25, 0.3) is 11.2 Å². The van der Waals surface area contributed by atoms with Gasteiger partial charge in [-0.15, -0.1) is 6.42 Å². The topological polar surface area (TPSA) is 161 Å². The number of imidazole rings is 1. The van der Waals surface area contributed by atoms with Crippen LogP contribution in [0.1, 0.15) is 11.8 Å². The van der Waals surface area contributed by atoms with E-state index >= 15 is 0 Å². The smallest absolute Gasteiger partial charge is 0.237 e. The van der Waals surface area contributed by atoms with Crippen LogP contribution in [0.5, 0.6) is 5.75 Å². The summed E-state index contributed by atoms with van der Waals surface area (Å²) >= 11 is 0. The van der Waals surface area contributed by atoms with E-state index in [1.54, 1.807) is 33.7 Å². The molecule has 36 heavy (non-hydrogen) atoms. The highest BCUT2D eigenvalue weighted by molar-refractivity contribution is 5.83. The molecule has 1 fully saturated rings. The van der Waals surface area contributed by atoms with Crippen LogP contribution in [0.2, 0.25) is 0 Å². The molecule has 0 unspecified atom stereocenters. The largest absolute Gasteiger partial charge is 0.481 e. The second-order valence-corrected chi connectivity index (χ2v) is 8.64. The Morgan fingerprint density at radius 2 is 2.08 bits per heavy atom. The summed E-state index contributed by atoms with van der Waals surface area (Å²) in [6, 6.07) is 5.31. The zero-order valence-corrected chi connectivity index (χ0v) is 20.0. The third-order valence-corrected chi connectivity index (χ3v) is 5.94. The number of anilines is 1. The fourth-order valence-corrected chi connectivity index (χ4v) is 4.12. The van der Waals surface area contributed by atoms with E-state index in [0.717, 1.165) is 5.56 Å². The molecule has 4 rings (SSSR count). The Morgan fingerprint density at radius 3 is 2.75 bits per heavy atom. The number of amides is 1. The maximum atomic E-state index is 12.9. The van der Waals surface area contributed by atoms with Gasteiger partial charge in [-0.1, -0.05) is 18.1 Å². The number of carbonyl (C=O) groups is 1. The fraction of sp³-hybridized carbons (Fsp3) is 0.417. The van der Waals surface area contributed by atoms with Gasteiger partial charge in [0.2, 0.25) is 5.91 Å². The van der Waals surface area contributed by atoms with Crippen molar-refractivity contribution in [3.05, 3.63) is 42.5 Å². The van der Waals surface area contributed by atoms with E-state index in [1.165, 1.54) is 12.7 Å².